The molecule has 18 heteroatoms. The number of hydrogen-bond acceptors (Lipinski definition) is 13. The zero-order valence-electron chi connectivity index (χ0n) is 19.6. The second-order valence-corrected chi connectivity index (χ2v) is 10.9. The smallest absolute Gasteiger partial charge is 0.748 e. The molecule has 4 rings (SSSR count). The summed E-state index contributed by atoms with van der Waals surface area (Å²) in [6, 6.07) is 6.66. The van der Waals surface area contributed by atoms with Gasteiger partial charge in [0.15, 0.2) is 0 Å². The number of aromatic nitrogens is 2. The van der Waals surface area contributed by atoms with E-state index in [1.54, 1.807) is 30.3 Å². The van der Waals surface area contributed by atoms with Gasteiger partial charge >= 0.3 is 59.1 Å². The molecule has 0 spiro atoms. The van der Waals surface area contributed by atoms with Crippen LogP contribution in [0.2, 0.25) is 0 Å². The molecule has 37 heavy (non-hydrogen) atoms. The van der Waals surface area contributed by atoms with Gasteiger partial charge in [-0.3, -0.25) is 14.5 Å². The fourth-order valence-electron chi connectivity index (χ4n) is 3.49. The number of benzene rings is 1. The van der Waals surface area contributed by atoms with Crippen molar-refractivity contribution in [1.29, 1.82) is 0 Å². The molecule has 1 aromatic heterocycles. The van der Waals surface area contributed by atoms with E-state index in [2.05, 4.69) is 15.5 Å². The first-order valence-electron chi connectivity index (χ1n) is 9.93. The maximum atomic E-state index is 12.8. The summed E-state index contributed by atoms with van der Waals surface area (Å²) in [6.45, 7) is 0. The first-order valence-corrected chi connectivity index (χ1v) is 13.5. The standard InChI is InChI=1S/C19H19N5O8S3.2Na/c20-12(9-4-2-1-3-5-9)15(25)21-13-16(26)24-14(18(27)28)10(6-33-17(13)24)7-34-19-23-22-11(32-19)8-35(29,30)31;;/h1-5,12-13,17H,6-8,20H2,(H,21,25)(H,27,28)(H,29,30,31);;/q;2*+1/p-2/t12?,13?,17-;;/m0../s1. The largest absolute Gasteiger partial charge is 1.00 e. The van der Waals surface area contributed by atoms with Crippen molar-refractivity contribution < 1.29 is 96.0 Å². The van der Waals surface area contributed by atoms with Crippen LogP contribution >= 0.6 is 23.5 Å². The Hall–Kier alpha value is -0.920. The number of carboxylic acids is 1. The summed E-state index contributed by atoms with van der Waals surface area (Å²) < 4.78 is 37.5. The number of fused-ring (bicyclic) bond motifs is 1. The molecule has 2 unspecified atom stereocenters. The van der Waals surface area contributed by atoms with Crippen molar-refractivity contribution >= 4 is 51.4 Å². The number of rotatable bonds is 9. The number of carboxylic acid groups (broad SMARTS) is 1. The minimum absolute atomic E-state index is 0. The minimum atomic E-state index is -4.60. The van der Waals surface area contributed by atoms with Crippen LogP contribution in [0.5, 0.6) is 0 Å². The van der Waals surface area contributed by atoms with Gasteiger partial charge in [-0.05, 0) is 11.1 Å². The third kappa shape index (κ3) is 7.60. The van der Waals surface area contributed by atoms with Crippen LogP contribution in [0.4, 0.5) is 0 Å². The van der Waals surface area contributed by atoms with Crippen molar-refractivity contribution in [3.05, 3.63) is 53.1 Å². The van der Waals surface area contributed by atoms with Gasteiger partial charge in [-0.15, -0.1) is 22.0 Å². The number of nitrogens with zero attached hydrogens (tertiary/aromatic N) is 3. The summed E-state index contributed by atoms with van der Waals surface area (Å²) in [4.78, 5) is 38.2. The Kier molecular flexibility index (Phi) is 11.7. The molecule has 2 aliphatic rings. The summed E-state index contributed by atoms with van der Waals surface area (Å²) >= 11 is 2.16. The molecule has 0 aliphatic carbocycles. The van der Waals surface area contributed by atoms with Gasteiger partial charge in [0.1, 0.15) is 33.3 Å². The maximum absolute atomic E-state index is 12.8. The molecule has 0 saturated carbocycles. The molecular weight excluding hydrogens is 568 g/mol. The number of amides is 2. The number of aliphatic carboxylic acids is 1. The first kappa shape index (κ1) is 32.3. The Morgan fingerprint density at radius 3 is 2.57 bits per heavy atom. The van der Waals surface area contributed by atoms with E-state index in [-0.39, 0.29) is 87.4 Å². The number of hydrogen-bond donors (Lipinski definition) is 2. The molecule has 2 amide bonds. The topological polar surface area (TPSA) is 212 Å². The van der Waals surface area contributed by atoms with E-state index in [9.17, 15) is 32.5 Å². The van der Waals surface area contributed by atoms with E-state index in [4.69, 9.17) is 10.2 Å². The van der Waals surface area contributed by atoms with E-state index in [1.807, 2.05) is 0 Å². The third-order valence-electron chi connectivity index (χ3n) is 5.10. The molecule has 0 bridgehead atoms. The fraction of sp³-hybridized carbons (Fsp3) is 0.316. The predicted molar refractivity (Wildman–Crippen MR) is 119 cm³/mol. The summed E-state index contributed by atoms with van der Waals surface area (Å²) in [5, 5.41) is 20.8. The van der Waals surface area contributed by atoms with Crippen LogP contribution < -0.4 is 75.3 Å². The van der Waals surface area contributed by atoms with Crippen molar-refractivity contribution in [1.82, 2.24) is 20.4 Å². The molecule has 1 saturated heterocycles. The second kappa shape index (κ2) is 13.4. The number of thioether (sulfide) groups is 2. The maximum Gasteiger partial charge on any atom is 1.00 e. The molecule has 3 atom stereocenters. The molecule has 0 radical (unpaired) electrons. The number of carbonyl (C=O) groups is 3. The third-order valence-corrected chi connectivity index (χ3v) is 7.94. The van der Waals surface area contributed by atoms with Gasteiger partial charge in [0.25, 0.3) is 11.1 Å². The average Bonchev–Trinajstić information content (AvgIpc) is 3.25. The van der Waals surface area contributed by atoms with Gasteiger partial charge in [-0.1, -0.05) is 42.1 Å². The number of carbonyl (C=O) groups excluding carboxylic acids is 3. The van der Waals surface area contributed by atoms with Crippen LogP contribution in [0.1, 0.15) is 17.5 Å². The Balaban J connectivity index is 0.00000241. The van der Waals surface area contributed by atoms with Crippen molar-refractivity contribution in [2.24, 2.45) is 5.73 Å². The van der Waals surface area contributed by atoms with Crippen molar-refractivity contribution in [2.45, 2.75) is 28.4 Å². The van der Waals surface area contributed by atoms with E-state index in [0.29, 0.717) is 11.1 Å². The Bertz CT molecular complexity index is 1310. The monoisotopic (exact) mass is 585 g/mol. The number of nitrogens with one attached hydrogen (secondary N) is 1. The normalized spacial score (nSPS) is 19.6. The average molecular weight is 586 g/mol. The summed E-state index contributed by atoms with van der Waals surface area (Å²) in [6.07, 6.45) is 0. The van der Waals surface area contributed by atoms with E-state index in [0.717, 1.165) is 16.7 Å². The van der Waals surface area contributed by atoms with Crippen LogP contribution in [-0.2, 0) is 30.3 Å². The predicted octanol–water partition coefficient (Wildman–Crippen LogP) is -7.68. The Morgan fingerprint density at radius 1 is 1.27 bits per heavy atom. The minimum Gasteiger partial charge on any atom is -0.748 e. The van der Waals surface area contributed by atoms with Crippen molar-refractivity contribution in [2.75, 3.05) is 11.5 Å². The SMILES string of the molecule is NC(C(=O)NC1C(=O)N2C(C(=O)[O-])=C(CSc3nnc(CS(=O)(=O)[O-])o3)CS[C@@H]12)c1ccccc1.[Na+].[Na+]. The molecule has 2 aliphatic heterocycles. The molecular formula is C19H17N5Na2O8S3. The summed E-state index contributed by atoms with van der Waals surface area (Å²) in [7, 11) is -4.60. The van der Waals surface area contributed by atoms with Gasteiger partial charge in [-0.2, -0.15) is 0 Å². The zero-order chi connectivity index (χ0) is 25.3. The van der Waals surface area contributed by atoms with Gasteiger partial charge in [0.05, 0.1) is 11.7 Å². The Morgan fingerprint density at radius 2 is 1.95 bits per heavy atom. The summed E-state index contributed by atoms with van der Waals surface area (Å²) in [5.41, 5.74) is 6.57. The second-order valence-electron chi connectivity index (χ2n) is 7.48. The van der Waals surface area contributed by atoms with Crippen molar-refractivity contribution in [3.8, 4) is 0 Å². The van der Waals surface area contributed by atoms with Crippen LogP contribution in [0.15, 0.2) is 51.2 Å². The molecule has 186 valence electrons. The zero-order valence-corrected chi connectivity index (χ0v) is 26.1. The quantitative estimate of drug-likeness (QED) is 0.121. The van der Waals surface area contributed by atoms with Gasteiger partial charge in [0, 0.05) is 11.5 Å². The Labute approximate surface area is 264 Å². The van der Waals surface area contributed by atoms with Crippen LogP contribution in [0.25, 0.3) is 0 Å². The van der Waals surface area contributed by atoms with Gasteiger partial charge in [0.2, 0.25) is 11.8 Å². The molecule has 13 nitrogen and oxygen atoms in total. The van der Waals surface area contributed by atoms with E-state index < -0.39 is 51.1 Å². The van der Waals surface area contributed by atoms with Crippen LogP contribution in [0, 0.1) is 0 Å². The first-order chi connectivity index (χ1) is 16.5. The number of nitrogens with two attached hydrogens (primary N) is 1. The molecule has 2 aromatic rings. The van der Waals surface area contributed by atoms with Crippen molar-refractivity contribution in [3.63, 3.8) is 0 Å². The van der Waals surface area contributed by atoms with Crippen LogP contribution in [0.3, 0.4) is 0 Å². The molecule has 1 fully saturated rings. The van der Waals surface area contributed by atoms with E-state index >= 15 is 0 Å². The summed E-state index contributed by atoms with van der Waals surface area (Å²) in [5.74, 6) is -3.87. The van der Waals surface area contributed by atoms with E-state index in [1.165, 1.54) is 11.8 Å². The molecule has 3 heterocycles. The number of β-lactam (4-membered cyclic amide) rings is 1. The molecule has 1 aromatic carbocycles. The fourth-order valence-corrected chi connectivity index (χ4v) is 6.18. The van der Waals surface area contributed by atoms with Gasteiger partial charge < -0.3 is 29.9 Å². The van der Waals surface area contributed by atoms with Gasteiger partial charge in [-0.25, -0.2) is 8.42 Å². The molecule has 3 N–H and O–H groups in total. The van der Waals surface area contributed by atoms with Crippen LogP contribution in [-0.4, -0.2) is 68.8 Å².